The Morgan fingerprint density at radius 3 is 1.45 bits per heavy atom. The molecular weight excluding hydrogens is 614 g/mol. The second-order valence-electron chi connectivity index (χ2n) is 14.2. The summed E-state index contributed by atoms with van der Waals surface area (Å²) in [6.45, 7) is 11.6. The number of hydrogen-bond donors (Lipinski definition) is 1. The van der Waals surface area contributed by atoms with E-state index < -0.39 is 0 Å². The van der Waals surface area contributed by atoms with Crippen LogP contribution in [0, 0.1) is 0 Å². The summed E-state index contributed by atoms with van der Waals surface area (Å²) < 4.78 is 23.0. The summed E-state index contributed by atoms with van der Waals surface area (Å²) in [6, 6.07) is 0. The molecular formula is C42H83NO6. The molecule has 0 spiro atoms. The molecule has 0 amide bonds. The zero-order valence-electron chi connectivity index (χ0n) is 32.9. The quantitative estimate of drug-likeness (QED) is 0.0299. The lowest BCUT2D eigenvalue weighted by atomic mass is 10.0. The Morgan fingerprint density at radius 2 is 1.00 bits per heavy atom. The average Bonchev–Trinajstić information content (AvgIpc) is 3.70. The Balaban J connectivity index is 0.00000418. The number of esters is 1. The zero-order chi connectivity index (χ0) is 35.7. The molecule has 1 N–H and O–H groups in total. The molecule has 292 valence electrons. The first kappa shape index (κ1) is 47.8. The van der Waals surface area contributed by atoms with Crippen molar-refractivity contribution >= 4 is 12.4 Å². The fourth-order valence-corrected chi connectivity index (χ4v) is 6.21. The second kappa shape index (κ2) is 41.2. The van der Waals surface area contributed by atoms with Gasteiger partial charge < -0.3 is 24.3 Å². The molecule has 1 unspecified atom stereocenters. The largest absolute Gasteiger partial charge is 0.466 e. The highest BCUT2D eigenvalue weighted by Gasteiger charge is 2.13. The fourth-order valence-electron chi connectivity index (χ4n) is 6.21. The van der Waals surface area contributed by atoms with Gasteiger partial charge in [0.1, 0.15) is 6.10 Å². The predicted molar refractivity (Wildman–Crippen MR) is 206 cm³/mol. The van der Waals surface area contributed by atoms with Crippen molar-refractivity contribution in [2.75, 3.05) is 32.9 Å². The number of rotatable bonds is 37. The molecule has 1 fully saturated rings. The van der Waals surface area contributed by atoms with Crippen LogP contribution in [0.5, 0.6) is 0 Å². The van der Waals surface area contributed by atoms with Crippen molar-refractivity contribution in [2.24, 2.45) is 0 Å². The van der Waals surface area contributed by atoms with E-state index in [-0.39, 0.29) is 18.4 Å². The Labute approximate surface area is 304 Å². The molecule has 1 rings (SSSR count). The van der Waals surface area contributed by atoms with E-state index in [0.717, 1.165) is 58.2 Å². The van der Waals surface area contributed by atoms with E-state index in [2.05, 4.69) is 26.1 Å². The summed E-state index contributed by atoms with van der Waals surface area (Å²) in [5.74, 6) is -0.175. The molecule has 0 aromatic heterocycles. The molecule has 7 heteroatoms. The predicted octanol–water partition coefficient (Wildman–Crippen LogP) is 11.8. The molecule has 0 saturated carbocycles. The minimum atomic E-state index is -0.177. The molecule has 49 heavy (non-hydrogen) atoms. The number of carbonyl (C=O) groups excluding carboxylic acids is 2. The molecule has 0 aromatic carbocycles. The van der Waals surface area contributed by atoms with Gasteiger partial charge in [0.15, 0.2) is 6.29 Å². The number of unbranched alkanes of at least 4 members (excludes halogenated alkanes) is 20. The smallest absolute Gasteiger partial charge is 0.305 e. The third-order valence-electron chi connectivity index (χ3n) is 9.46. The Morgan fingerprint density at radius 1 is 0.551 bits per heavy atom. The molecule has 1 atom stereocenters. The van der Waals surface area contributed by atoms with Crippen LogP contribution in [0.25, 0.3) is 0 Å². The van der Waals surface area contributed by atoms with Crippen molar-refractivity contribution in [3.63, 3.8) is 0 Å². The average molecular weight is 698 g/mol. The maximum atomic E-state index is 12.3. The van der Waals surface area contributed by atoms with Crippen molar-refractivity contribution < 1.29 is 28.5 Å². The molecule has 1 aliphatic heterocycles. The van der Waals surface area contributed by atoms with Gasteiger partial charge in [-0.2, -0.15) is 0 Å². The Kier molecular flexibility index (Phi) is 40.2. The van der Waals surface area contributed by atoms with Gasteiger partial charge in [-0.1, -0.05) is 143 Å². The van der Waals surface area contributed by atoms with E-state index in [1.54, 1.807) is 0 Å². The monoisotopic (exact) mass is 698 g/mol. The summed E-state index contributed by atoms with van der Waals surface area (Å²) in [5.41, 5.74) is 0. The van der Waals surface area contributed by atoms with Crippen molar-refractivity contribution in [3.8, 4) is 0 Å². The van der Waals surface area contributed by atoms with Gasteiger partial charge in [0, 0.05) is 26.1 Å². The van der Waals surface area contributed by atoms with Crippen molar-refractivity contribution in [2.45, 2.75) is 226 Å². The van der Waals surface area contributed by atoms with Crippen LogP contribution in [0.3, 0.4) is 0 Å². The van der Waals surface area contributed by atoms with E-state index in [1.807, 2.05) is 0 Å². The number of nitrogens with one attached hydrogen (secondary N) is 1. The first-order valence-corrected chi connectivity index (χ1v) is 21.4. The Hall–Kier alpha value is -1.18. The maximum absolute atomic E-state index is 12.3. The number of carbonyl (C=O) groups is 2. The van der Waals surface area contributed by atoms with Crippen LogP contribution < -0.4 is 5.32 Å². The standard InChI is InChI=1S/C38H74O6.C4H9N/c1-4-7-10-13-16-17-18-19-20-23-28-36(44-35-39)31-34-41-37(40)29-24-25-30-38(42-32-26-21-14-11-8-5-2)43-33-27-22-15-12-9-6-3;1-2-4-5-3-1/h35-36,38H,4-34H2,1-3H3;5H,1-4H2. The Bertz CT molecular complexity index is 633. The third kappa shape index (κ3) is 37.9. The van der Waals surface area contributed by atoms with E-state index in [0.29, 0.717) is 25.9 Å². The van der Waals surface area contributed by atoms with Crippen LogP contribution in [0.15, 0.2) is 0 Å². The maximum Gasteiger partial charge on any atom is 0.305 e. The molecule has 1 aliphatic rings. The van der Waals surface area contributed by atoms with Gasteiger partial charge in [-0.25, -0.2) is 0 Å². The lowest BCUT2D eigenvalue weighted by Crippen LogP contribution is -2.19. The first-order chi connectivity index (χ1) is 24.2. The van der Waals surface area contributed by atoms with Gasteiger partial charge in [-0.15, -0.1) is 0 Å². The fraction of sp³-hybridized carbons (Fsp3) is 0.952. The van der Waals surface area contributed by atoms with Crippen LogP contribution in [-0.2, 0) is 28.5 Å². The van der Waals surface area contributed by atoms with Gasteiger partial charge >= 0.3 is 5.97 Å². The highest BCUT2D eigenvalue weighted by Crippen LogP contribution is 2.16. The summed E-state index contributed by atoms with van der Waals surface area (Å²) in [6.07, 6.45) is 34.5. The van der Waals surface area contributed by atoms with Crippen molar-refractivity contribution in [1.82, 2.24) is 5.32 Å². The molecule has 0 aliphatic carbocycles. The van der Waals surface area contributed by atoms with Gasteiger partial charge in [0.25, 0.3) is 6.47 Å². The van der Waals surface area contributed by atoms with Gasteiger partial charge in [0.2, 0.25) is 0 Å². The van der Waals surface area contributed by atoms with Crippen LogP contribution in [0.4, 0.5) is 0 Å². The summed E-state index contributed by atoms with van der Waals surface area (Å²) in [5, 5.41) is 3.22. The summed E-state index contributed by atoms with van der Waals surface area (Å²) in [4.78, 5) is 23.3. The lowest BCUT2D eigenvalue weighted by molar-refractivity contribution is -0.150. The van der Waals surface area contributed by atoms with Crippen molar-refractivity contribution in [1.29, 1.82) is 0 Å². The minimum absolute atomic E-state index is 0.164. The van der Waals surface area contributed by atoms with E-state index in [4.69, 9.17) is 18.9 Å². The molecule has 1 heterocycles. The number of hydrogen-bond acceptors (Lipinski definition) is 7. The first-order valence-electron chi connectivity index (χ1n) is 21.4. The third-order valence-corrected chi connectivity index (χ3v) is 9.46. The highest BCUT2D eigenvalue weighted by molar-refractivity contribution is 5.69. The molecule has 7 nitrogen and oxygen atoms in total. The van der Waals surface area contributed by atoms with Crippen LogP contribution in [0.2, 0.25) is 0 Å². The molecule has 1 saturated heterocycles. The van der Waals surface area contributed by atoms with Gasteiger partial charge in [0.05, 0.1) is 6.61 Å². The molecule has 0 aromatic rings. The number of ether oxygens (including phenoxy) is 4. The van der Waals surface area contributed by atoms with Crippen molar-refractivity contribution in [3.05, 3.63) is 0 Å². The van der Waals surface area contributed by atoms with Crippen LogP contribution in [-0.4, -0.2) is 57.7 Å². The SMILES string of the molecule is C1CCNC1.CCCCCCCCCCCCC(CCOC(=O)CCCCC(OCCCCCCCC)OCCCCCCCC)OC=O. The van der Waals surface area contributed by atoms with Crippen LogP contribution >= 0.6 is 0 Å². The van der Waals surface area contributed by atoms with Gasteiger partial charge in [-0.3, -0.25) is 9.59 Å². The van der Waals surface area contributed by atoms with E-state index in [1.165, 1.54) is 148 Å². The highest BCUT2D eigenvalue weighted by atomic mass is 16.7. The lowest BCUT2D eigenvalue weighted by Gasteiger charge is -2.19. The van der Waals surface area contributed by atoms with E-state index in [9.17, 15) is 9.59 Å². The van der Waals surface area contributed by atoms with Gasteiger partial charge in [-0.05, 0) is 70.9 Å². The summed E-state index contributed by atoms with van der Waals surface area (Å²) in [7, 11) is 0. The topological polar surface area (TPSA) is 83.1 Å². The minimum Gasteiger partial charge on any atom is -0.466 e. The molecule has 0 radical (unpaired) electrons. The second-order valence-corrected chi connectivity index (χ2v) is 14.2. The zero-order valence-corrected chi connectivity index (χ0v) is 32.9. The van der Waals surface area contributed by atoms with Crippen LogP contribution in [0.1, 0.15) is 213 Å². The normalized spacial score (nSPS) is 13.3. The molecule has 0 bridgehead atoms. The summed E-state index contributed by atoms with van der Waals surface area (Å²) >= 11 is 0. The van der Waals surface area contributed by atoms with E-state index >= 15 is 0 Å².